The minimum Gasteiger partial charge on any atom is -0.478 e. The smallest absolute Gasteiger partial charge is 0.337 e. The zero-order valence-electron chi connectivity index (χ0n) is 10.2. The number of nitrogens with zero attached hydrogens (tertiary/aromatic N) is 2. The van der Waals surface area contributed by atoms with Gasteiger partial charge in [0.05, 0.1) is 16.6 Å². The Hall–Kier alpha value is -2.69. The number of fused-ring (bicyclic) bond motifs is 1. The lowest BCUT2D eigenvalue weighted by Gasteiger charge is -2.05. The van der Waals surface area contributed by atoms with Gasteiger partial charge in [-0.25, -0.2) is 9.78 Å². The van der Waals surface area contributed by atoms with Gasteiger partial charge in [-0.05, 0) is 36.2 Å². The van der Waals surface area contributed by atoms with Gasteiger partial charge in [0.15, 0.2) is 0 Å². The number of nitrogens with one attached hydrogen (secondary N) is 1. The van der Waals surface area contributed by atoms with Crippen LogP contribution in [-0.2, 0) is 0 Å². The molecule has 0 saturated heterocycles. The van der Waals surface area contributed by atoms with Crippen LogP contribution >= 0.6 is 0 Å². The third kappa shape index (κ3) is 1.95. The highest BCUT2D eigenvalue weighted by Gasteiger charge is 2.12. The summed E-state index contributed by atoms with van der Waals surface area (Å²) in [7, 11) is 0. The maximum Gasteiger partial charge on any atom is 0.337 e. The first kappa shape index (κ1) is 11.4. The summed E-state index contributed by atoms with van der Waals surface area (Å²) in [6.45, 7) is 1.88. The number of pyridine rings is 1. The number of hydrogen-bond donors (Lipinski definition) is 2. The van der Waals surface area contributed by atoms with Gasteiger partial charge in [-0.2, -0.15) is 0 Å². The quantitative estimate of drug-likeness (QED) is 0.735. The molecule has 0 saturated carbocycles. The molecule has 5 heteroatoms. The van der Waals surface area contributed by atoms with Crippen LogP contribution in [-0.4, -0.2) is 26.0 Å². The van der Waals surface area contributed by atoms with E-state index in [0.717, 1.165) is 22.4 Å². The third-order valence-corrected chi connectivity index (χ3v) is 2.96. The molecule has 0 bridgehead atoms. The Morgan fingerprint density at radius 1 is 1.32 bits per heavy atom. The summed E-state index contributed by atoms with van der Waals surface area (Å²) < 4.78 is 0. The summed E-state index contributed by atoms with van der Waals surface area (Å²) in [6.07, 6.45) is 2.95. The van der Waals surface area contributed by atoms with Crippen LogP contribution in [0, 0.1) is 6.92 Å². The minimum atomic E-state index is -0.982. The fraction of sp³-hybridized carbons (Fsp3) is 0.0714. The van der Waals surface area contributed by atoms with Gasteiger partial charge >= 0.3 is 5.97 Å². The molecule has 0 atom stereocenters. The van der Waals surface area contributed by atoms with Gasteiger partial charge in [0.2, 0.25) is 0 Å². The first-order valence-corrected chi connectivity index (χ1v) is 5.79. The molecular weight excluding hydrogens is 242 g/mol. The first-order chi connectivity index (χ1) is 9.15. The molecule has 1 aromatic carbocycles. The molecule has 0 aliphatic carbocycles. The molecule has 0 fully saturated rings. The topological polar surface area (TPSA) is 78.9 Å². The van der Waals surface area contributed by atoms with E-state index in [1.54, 1.807) is 12.3 Å². The van der Waals surface area contributed by atoms with E-state index >= 15 is 0 Å². The van der Waals surface area contributed by atoms with Crippen molar-refractivity contribution in [2.45, 2.75) is 6.92 Å². The van der Waals surface area contributed by atoms with Crippen LogP contribution in [0.3, 0.4) is 0 Å². The molecule has 0 spiro atoms. The summed E-state index contributed by atoms with van der Waals surface area (Å²) in [5.41, 5.74) is 3.43. The Morgan fingerprint density at radius 2 is 2.16 bits per heavy atom. The van der Waals surface area contributed by atoms with E-state index in [9.17, 15) is 9.90 Å². The Morgan fingerprint density at radius 3 is 2.95 bits per heavy atom. The number of hydrogen-bond acceptors (Lipinski definition) is 3. The molecule has 0 aliphatic heterocycles. The second-order valence-corrected chi connectivity index (χ2v) is 4.28. The lowest BCUT2D eigenvalue weighted by atomic mass is 10.0. The van der Waals surface area contributed by atoms with Crippen molar-refractivity contribution in [1.29, 1.82) is 0 Å². The molecule has 0 amide bonds. The van der Waals surface area contributed by atoms with Crippen LogP contribution in [0.5, 0.6) is 0 Å². The van der Waals surface area contributed by atoms with Crippen LogP contribution in [0.2, 0.25) is 0 Å². The zero-order chi connectivity index (χ0) is 13.4. The lowest BCUT2D eigenvalue weighted by molar-refractivity contribution is 0.0697. The number of rotatable bonds is 2. The van der Waals surface area contributed by atoms with E-state index in [4.69, 9.17) is 0 Å². The van der Waals surface area contributed by atoms with Crippen LogP contribution in [0.25, 0.3) is 22.2 Å². The molecule has 2 aromatic heterocycles. The lowest BCUT2D eigenvalue weighted by Crippen LogP contribution is -2.00. The molecule has 3 rings (SSSR count). The highest BCUT2D eigenvalue weighted by atomic mass is 16.4. The van der Waals surface area contributed by atoms with Crippen molar-refractivity contribution < 1.29 is 9.90 Å². The highest BCUT2D eigenvalue weighted by molar-refractivity contribution is 5.96. The number of H-pyrrole nitrogens is 1. The zero-order valence-corrected chi connectivity index (χ0v) is 10.2. The Labute approximate surface area is 109 Å². The Kier molecular flexibility index (Phi) is 2.52. The molecule has 5 nitrogen and oxygen atoms in total. The normalized spacial score (nSPS) is 10.8. The molecule has 0 unspecified atom stereocenters. The summed E-state index contributed by atoms with van der Waals surface area (Å²) in [5, 5.41) is 9.18. The van der Waals surface area contributed by atoms with E-state index in [0.29, 0.717) is 5.56 Å². The second-order valence-electron chi connectivity index (χ2n) is 4.28. The van der Waals surface area contributed by atoms with Crippen molar-refractivity contribution >= 4 is 17.0 Å². The van der Waals surface area contributed by atoms with Crippen LogP contribution < -0.4 is 0 Å². The van der Waals surface area contributed by atoms with Crippen molar-refractivity contribution in [1.82, 2.24) is 15.0 Å². The molecule has 0 radical (unpaired) electrons. The van der Waals surface area contributed by atoms with Gasteiger partial charge in [0, 0.05) is 12.4 Å². The average molecular weight is 253 g/mol. The van der Waals surface area contributed by atoms with Crippen molar-refractivity contribution in [3.05, 3.63) is 48.0 Å². The van der Waals surface area contributed by atoms with Gasteiger partial charge in [0.1, 0.15) is 5.82 Å². The van der Waals surface area contributed by atoms with E-state index in [1.807, 2.05) is 25.1 Å². The standard InChI is InChI=1S/C14H11N3O2/c1-8-16-12-3-2-9(6-13(12)17-8)10-4-5-15-7-11(10)14(18)19/h2-7H,1H3,(H,16,17)(H,18,19). The van der Waals surface area contributed by atoms with Gasteiger partial charge < -0.3 is 10.1 Å². The molecule has 2 N–H and O–H groups in total. The number of imidazole rings is 1. The summed E-state index contributed by atoms with van der Waals surface area (Å²) in [5.74, 6) is -0.149. The fourth-order valence-corrected chi connectivity index (χ4v) is 2.12. The number of carboxylic acid groups (broad SMARTS) is 1. The Balaban J connectivity index is 2.21. The SMILES string of the molecule is Cc1nc2ccc(-c3ccncc3C(=O)O)cc2[nH]1. The van der Waals surface area contributed by atoms with Crippen molar-refractivity contribution in [2.24, 2.45) is 0 Å². The minimum absolute atomic E-state index is 0.193. The summed E-state index contributed by atoms with van der Waals surface area (Å²) in [4.78, 5) is 22.5. The number of carbonyl (C=O) groups is 1. The van der Waals surface area contributed by atoms with Crippen molar-refractivity contribution in [3.63, 3.8) is 0 Å². The van der Waals surface area contributed by atoms with Crippen LogP contribution in [0.1, 0.15) is 16.2 Å². The molecule has 3 aromatic rings. The molecule has 94 valence electrons. The monoisotopic (exact) mass is 253 g/mol. The largest absolute Gasteiger partial charge is 0.478 e. The Bertz CT molecular complexity index is 777. The van der Waals surface area contributed by atoms with Gasteiger partial charge in [-0.3, -0.25) is 4.98 Å². The number of aromatic nitrogens is 3. The van der Waals surface area contributed by atoms with Gasteiger partial charge in [0.25, 0.3) is 0 Å². The number of aromatic amines is 1. The number of carboxylic acids is 1. The van der Waals surface area contributed by atoms with E-state index in [1.165, 1.54) is 6.20 Å². The van der Waals surface area contributed by atoms with Crippen molar-refractivity contribution in [2.75, 3.05) is 0 Å². The predicted molar refractivity (Wildman–Crippen MR) is 71.0 cm³/mol. The third-order valence-electron chi connectivity index (χ3n) is 2.96. The molecule has 0 aliphatic rings. The first-order valence-electron chi connectivity index (χ1n) is 5.79. The van der Waals surface area contributed by atoms with Crippen molar-refractivity contribution in [3.8, 4) is 11.1 Å². The second kappa shape index (κ2) is 4.20. The van der Waals surface area contributed by atoms with E-state index < -0.39 is 5.97 Å². The van der Waals surface area contributed by atoms with Gasteiger partial charge in [-0.15, -0.1) is 0 Å². The number of aryl methyl sites for hydroxylation is 1. The molecular formula is C14H11N3O2. The number of benzene rings is 1. The maximum atomic E-state index is 11.2. The number of aromatic carboxylic acids is 1. The molecule has 19 heavy (non-hydrogen) atoms. The van der Waals surface area contributed by atoms with Crippen LogP contribution in [0.15, 0.2) is 36.7 Å². The average Bonchev–Trinajstić information content (AvgIpc) is 2.77. The highest BCUT2D eigenvalue weighted by Crippen LogP contribution is 2.26. The van der Waals surface area contributed by atoms with E-state index in [2.05, 4.69) is 15.0 Å². The van der Waals surface area contributed by atoms with Gasteiger partial charge in [-0.1, -0.05) is 6.07 Å². The van der Waals surface area contributed by atoms with Crippen LogP contribution in [0.4, 0.5) is 0 Å². The van der Waals surface area contributed by atoms with E-state index in [-0.39, 0.29) is 5.56 Å². The summed E-state index contributed by atoms with van der Waals surface area (Å²) >= 11 is 0. The predicted octanol–water partition coefficient (Wildman–Crippen LogP) is 2.63. The molecule has 2 heterocycles. The summed E-state index contributed by atoms with van der Waals surface area (Å²) in [6, 6.07) is 7.34. The fourth-order valence-electron chi connectivity index (χ4n) is 2.12. The maximum absolute atomic E-state index is 11.2.